The summed E-state index contributed by atoms with van der Waals surface area (Å²) in [5, 5.41) is 10.2. The lowest BCUT2D eigenvalue weighted by atomic mass is 9.56. The van der Waals surface area contributed by atoms with Gasteiger partial charge < -0.3 is 9.67 Å². The normalized spacial score (nSPS) is 28.8. The number of alkyl halides is 2. The minimum Gasteiger partial charge on any atom is -0.393 e. The Balaban J connectivity index is 1.86. The van der Waals surface area contributed by atoms with Gasteiger partial charge in [0.1, 0.15) is 0 Å². The number of imidazole rings is 1. The zero-order chi connectivity index (χ0) is 14.6. The van der Waals surface area contributed by atoms with E-state index in [0.29, 0.717) is 0 Å². The van der Waals surface area contributed by atoms with Crippen molar-refractivity contribution in [2.45, 2.75) is 18.6 Å². The van der Waals surface area contributed by atoms with Crippen LogP contribution in [0.2, 0.25) is 0 Å². The molecule has 0 amide bonds. The van der Waals surface area contributed by atoms with Crippen molar-refractivity contribution in [3.05, 3.63) is 42.4 Å². The topological polar surface area (TPSA) is 38.1 Å². The van der Waals surface area contributed by atoms with E-state index in [4.69, 9.17) is 0 Å². The molecule has 0 radical (unpaired) electrons. The SMILES string of the molecule is OC1CC(CF)(CF)[C@H]1[C@H]1c2ccccc2-c2cncn21. The summed E-state index contributed by atoms with van der Waals surface area (Å²) in [5.41, 5.74) is 1.93. The van der Waals surface area contributed by atoms with Gasteiger partial charge in [-0.2, -0.15) is 0 Å². The predicted octanol–water partition coefficient (Wildman–Crippen LogP) is 2.76. The number of nitrogens with zero attached hydrogens (tertiary/aromatic N) is 2. The molecule has 2 aromatic rings. The molecule has 0 bridgehead atoms. The third kappa shape index (κ3) is 1.52. The lowest BCUT2D eigenvalue weighted by molar-refractivity contribution is -0.143. The molecule has 2 aliphatic rings. The predicted molar refractivity (Wildman–Crippen MR) is 74.3 cm³/mol. The van der Waals surface area contributed by atoms with E-state index in [-0.39, 0.29) is 12.5 Å². The number of hydrogen-bond acceptors (Lipinski definition) is 2. The summed E-state index contributed by atoms with van der Waals surface area (Å²) in [7, 11) is 0. The molecule has 1 fully saturated rings. The first-order valence-electron chi connectivity index (χ1n) is 7.13. The Hall–Kier alpha value is -1.75. The quantitative estimate of drug-likeness (QED) is 0.944. The van der Waals surface area contributed by atoms with E-state index < -0.39 is 30.8 Å². The van der Waals surface area contributed by atoms with Crippen molar-refractivity contribution in [3.8, 4) is 11.3 Å². The standard InChI is InChI=1S/C16H16F2N2O/c17-7-16(8-18)5-13(21)14(16)15-11-4-2-1-3-10(11)12-6-19-9-20(12)15/h1-4,6,9,13-15,21H,5,7-8H2/t13?,14-,15-/m1/s1. The van der Waals surface area contributed by atoms with Crippen LogP contribution >= 0.6 is 0 Å². The molecule has 1 unspecified atom stereocenters. The fourth-order valence-corrected chi connectivity index (χ4v) is 4.03. The molecule has 1 aliphatic carbocycles. The fraction of sp³-hybridized carbons (Fsp3) is 0.438. The van der Waals surface area contributed by atoms with E-state index in [1.54, 1.807) is 12.5 Å². The summed E-state index contributed by atoms with van der Waals surface area (Å²) >= 11 is 0. The van der Waals surface area contributed by atoms with Crippen LogP contribution in [0.4, 0.5) is 8.78 Å². The van der Waals surface area contributed by atoms with Crippen molar-refractivity contribution in [1.82, 2.24) is 9.55 Å². The maximum absolute atomic E-state index is 13.5. The Morgan fingerprint density at radius 3 is 2.76 bits per heavy atom. The Bertz CT molecular complexity index is 680. The first kappa shape index (κ1) is 13.0. The van der Waals surface area contributed by atoms with E-state index in [0.717, 1.165) is 16.8 Å². The molecule has 0 saturated heterocycles. The van der Waals surface area contributed by atoms with Crippen LogP contribution in [0.15, 0.2) is 36.8 Å². The lowest BCUT2D eigenvalue weighted by Gasteiger charge is -2.53. The number of aromatic nitrogens is 2. The number of aliphatic hydroxyl groups excluding tert-OH is 1. The van der Waals surface area contributed by atoms with Crippen LogP contribution < -0.4 is 0 Å². The van der Waals surface area contributed by atoms with Crippen molar-refractivity contribution in [3.63, 3.8) is 0 Å². The van der Waals surface area contributed by atoms with Crippen molar-refractivity contribution in [2.24, 2.45) is 11.3 Å². The van der Waals surface area contributed by atoms with Crippen LogP contribution in [0.25, 0.3) is 11.3 Å². The van der Waals surface area contributed by atoms with Crippen molar-refractivity contribution in [2.75, 3.05) is 13.3 Å². The van der Waals surface area contributed by atoms with E-state index >= 15 is 0 Å². The van der Waals surface area contributed by atoms with Crippen molar-refractivity contribution in [1.29, 1.82) is 0 Å². The molecule has 0 spiro atoms. The highest BCUT2D eigenvalue weighted by molar-refractivity contribution is 5.69. The first-order chi connectivity index (χ1) is 10.2. The van der Waals surface area contributed by atoms with Crippen LogP contribution in [0, 0.1) is 11.3 Å². The van der Waals surface area contributed by atoms with Gasteiger partial charge in [-0.25, -0.2) is 4.98 Å². The van der Waals surface area contributed by atoms with Crippen LogP contribution in [0.3, 0.4) is 0 Å². The highest BCUT2D eigenvalue weighted by atomic mass is 19.1. The monoisotopic (exact) mass is 290 g/mol. The Kier molecular flexibility index (Phi) is 2.70. The van der Waals surface area contributed by atoms with Crippen molar-refractivity contribution >= 4 is 0 Å². The van der Waals surface area contributed by atoms with Gasteiger partial charge in [0, 0.05) is 16.9 Å². The van der Waals surface area contributed by atoms with Crippen LogP contribution in [0.1, 0.15) is 18.0 Å². The van der Waals surface area contributed by atoms with Crippen LogP contribution in [0.5, 0.6) is 0 Å². The summed E-state index contributed by atoms with van der Waals surface area (Å²) in [6, 6.07) is 7.57. The smallest absolute Gasteiger partial charge is 0.0981 e. The maximum atomic E-state index is 13.5. The number of aliphatic hydroxyl groups is 1. The van der Waals surface area contributed by atoms with Gasteiger partial charge in [-0.3, -0.25) is 8.78 Å². The molecule has 21 heavy (non-hydrogen) atoms. The van der Waals surface area contributed by atoms with Gasteiger partial charge >= 0.3 is 0 Å². The van der Waals surface area contributed by atoms with Crippen LogP contribution in [-0.2, 0) is 0 Å². The highest BCUT2D eigenvalue weighted by Gasteiger charge is 2.59. The number of fused-ring (bicyclic) bond motifs is 3. The van der Waals surface area contributed by atoms with Crippen LogP contribution in [-0.4, -0.2) is 34.1 Å². The summed E-state index contributed by atoms with van der Waals surface area (Å²) in [6.07, 6.45) is 2.96. The second-order valence-electron chi connectivity index (χ2n) is 6.15. The number of rotatable bonds is 3. The van der Waals surface area contributed by atoms with E-state index in [1.165, 1.54) is 0 Å². The molecule has 1 aliphatic heterocycles. The average molecular weight is 290 g/mol. The summed E-state index contributed by atoms with van der Waals surface area (Å²) < 4.78 is 28.9. The van der Waals surface area contributed by atoms with E-state index in [9.17, 15) is 13.9 Å². The zero-order valence-corrected chi connectivity index (χ0v) is 11.4. The summed E-state index contributed by atoms with van der Waals surface area (Å²) in [4.78, 5) is 4.15. The second-order valence-corrected chi connectivity index (χ2v) is 6.15. The first-order valence-corrected chi connectivity index (χ1v) is 7.13. The van der Waals surface area contributed by atoms with Gasteiger partial charge in [0.15, 0.2) is 0 Å². The number of hydrogen-bond donors (Lipinski definition) is 1. The maximum Gasteiger partial charge on any atom is 0.0981 e. The average Bonchev–Trinajstić information content (AvgIpc) is 3.08. The van der Waals surface area contributed by atoms with E-state index in [1.807, 2.05) is 28.8 Å². The molecule has 1 N–H and O–H groups in total. The van der Waals surface area contributed by atoms with Gasteiger partial charge in [-0.15, -0.1) is 0 Å². The summed E-state index contributed by atoms with van der Waals surface area (Å²) in [5.74, 6) is -0.455. The molecular weight excluding hydrogens is 274 g/mol. The van der Waals surface area contributed by atoms with Gasteiger partial charge in [-0.05, 0) is 12.0 Å². The van der Waals surface area contributed by atoms with Crippen molar-refractivity contribution < 1.29 is 13.9 Å². The minimum atomic E-state index is -1.07. The molecule has 1 saturated carbocycles. The second kappa shape index (κ2) is 4.37. The van der Waals surface area contributed by atoms with Gasteiger partial charge in [0.2, 0.25) is 0 Å². The lowest BCUT2D eigenvalue weighted by Crippen LogP contribution is -2.57. The third-order valence-corrected chi connectivity index (χ3v) is 5.13. The molecule has 3 nitrogen and oxygen atoms in total. The van der Waals surface area contributed by atoms with Gasteiger partial charge in [-0.1, -0.05) is 24.3 Å². The molecule has 3 atom stereocenters. The molecule has 2 heterocycles. The number of benzene rings is 1. The van der Waals surface area contributed by atoms with Gasteiger partial charge in [0.25, 0.3) is 0 Å². The third-order valence-electron chi connectivity index (χ3n) is 5.13. The molecule has 1 aromatic heterocycles. The molecule has 4 rings (SSSR count). The Morgan fingerprint density at radius 1 is 1.29 bits per heavy atom. The Morgan fingerprint density at radius 2 is 2.05 bits per heavy atom. The fourth-order valence-electron chi connectivity index (χ4n) is 4.03. The number of halogens is 2. The summed E-state index contributed by atoms with van der Waals surface area (Å²) in [6.45, 7) is -1.48. The molecule has 5 heteroatoms. The molecule has 1 aromatic carbocycles. The zero-order valence-electron chi connectivity index (χ0n) is 11.4. The van der Waals surface area contributed by atoms with Gasteiger partial charge in [0.05, 0.1) is 43.7 Å². The Labute approximate surface area is 121 Å². The van der Waals surface area contributed by atoms with E-state index in [2.05, 4.69) is 4.98 Å². The minimum absolute atomic E-state index is 0.188. The highest BCUT2D eigenvalue weighted by Crippen LogP contribution is 2.57. The molecule has 110 valence electrons. The largest absolute Gasteiger partial charge is 0.393 e. The molecular formula is C16H16F2N2O.